The second kappa shape index (κ2) is 12.3. The quantitative estimate of drug-likeness (QED) is 0.409. The fraction of sp³-hybridized carbons (Fsp3) is 1.00. The molecule has 0 aliphatic heterocycles. The Hall–Kier alpha value is -0.120. The van der Waals surface area contributed by atoms with Gasteiger partial charge in [0.25, 0.3) is 0 Å². The lowest BCUT2D eigenvalue weighted by Crippen LogP contribution is -2.21. The maximum absolute atomic E-state index is 9.54. The van der Waals surface area contributed by atoms with Crippen LogP contribution in [-0.2, 0) is 4.74 Å². The summed E-state index contributed by atoms with van der Waals surface area (Å²) >= 11 is 0. The fourth-order valence-electron chi connectivity index (χ4n) is 1.81. The van der Waals surface area contributed by atoms with Crippen LogP contribution < -0.4 is 0 Å². The lowest BCUT2D eigenvalue weighted by molar-refractivity contribution is -0.212. The zero-order valence-electron chi connectivity index (χ0n) is 11.5. The van der Waals surface area contributed by atoms with Crippen molar-refractivity contribution in [1.29, 1.82) is 0 Å². The highest BCUT2D eigenvalue weighted by Gasteiger charge is 2.10. The Balaban J connectivity index is 3.35. The van der Waals surface area contributed by atoms with Crippen molar-refractivity contribution in [1.82, 2.24) is 0 Å². The molecule has 104 valence electrons. The molecule has 0 aliphatic rings. The highest BCUT2D eigenvalue weighted by molar-refractivity contribution is 4.50. The Morgan fingerprint density at radius 1 is 0.706 bits per heavy atom. The van der Waals surface area contributed by atoms with E-state index < -0.39 is 12.6 Å². The normalized spacial score (nSPS) is 14.8. The Morgan fingerprint density at radius 3 is 1.47 bits per heavy atom. The van der Waals surface area contributed by atoms with E-state index >= 15 is 0 Å². The van der Waals surface area contributed by atoms with Crippen LogP contribution in [0, 0.1) is 0 Å². The molecule has 0 aromatic rings. The second-order valence-corrected chi connectivity index (χ2v) is 4.74. The smallest absolute Gasteiger partial charge is 0.157 e. The van der Waals surface area contributed by atoms with E-state index in [0.29, 0.717) is 12.8 Å². The summed E-state index contributed by atoms with van der Waals surface area (Å²) in [4.78, 5) is 0. The number of aliphatic hydroxyl groups excluding tert-OH is 2. The third-order valence-corrected chi connectivity index (χ3v) is 2.92. The molecule has 0 fully saturated rings. The number of rotatable bonds is 12. The van der Waals surface area contributed by atoms with E-state index in [0.717, 1.165) is 25.7 Å². The lowest BCUT2D eigenvalue weighted by Gasteiger charge is -2.17. The molecule has 0 saturated heterocycles. The van der Waals surface area contributed by atoms with Crippen LogP contribution in [0.3, 0.4) is 0 Å². The Morgan fingerprint density at radius 2 is 1.12 bits per heavy atom. The van der Waals surface area contributed by atoms with Crippen molar-refractivity contribution in [3.05, 3.63) is 0 Å². The van der Waals surface area contributed by atoms with Crippen LogP contribution in [0.5, 0.6) is 0 Å². The van der Waals surface area contributed by atoms with Gasteiger partial charge >= 0.3 is 0 Å². The predicted octanol–water partition coefficient (Wildman–Crippen LogP) is 3.58. The molecule has 0 aliphatic carbocycles. The van der Waals surface area contributed by atoms with E-state index in [1.54, 1.807) is 0 Å². The van der Waals surface area contributed by atoms with Crippen LogP contribution in [0.25, 0.3) is 0 Å². The van der Waals surface area contributed by atoms with Crippen molar-refractivity contribution in [2.75, 3.05) is 0 Å². The molecule has 0 amide bonds. The van der Waals surface area contributed by atoms with E-state index in [4.69, 9.17) is 4.74 Å². The molecule has 2 unspecified atom stereocenters. The molecular weight excluding hydrogens is 216 g/mol. The third kappa shape index (κ3) is 12.1. The summed E-state index contributed by atoms with van der Waals surface area (Å²) < 4.78 is 5.12. The number of unbranched alkanes of at least 4 members (excludes halogenated alkanes) is 6. The number of hydrogen-bond acceptors (Lipinski definition) is 3. The molecule has 2 N–H and O–H groups in total. The summed E-state index contributed by atoms with van der Waals surface area (Å²) in [5, 5.41) is 19.1. The molecule has 0 aromatic carbocycles. The maximum atomic E-state index is 9.54. The highest BCUT2D eigenvalue weighted by Crippen LogP contribution is 2.11. The van der Waals surface area contributed by atoms with Gasteiger partial charge in [0.05, 0.1) is 0 Å². The van der Waals surface area contributed by atoms with E-state index in [9.17, 15) is 10.2 Å². The average molecular weight is 246 g/mol. The average Bonchev–Trinajstić information content (AvgIpc) is 2.30. The van der Waals surface area contributed by atoms with E-state index in [-0.39, 0.29) is 0 Å². The monoisotopic (exact) mass is 246 g/mol. The Bertz CT molecular complexity index is 134. The molecule has 0 radical (unpaired) electrons. The number of ether oxygens (including phenoxy) is 1. The molecule has 3 nitrogen and oxygen atoms in total. The minimum Gasteiger partial charge on any atom is -0.368 e. The van der Waals surface area contributed by atoms with E-state index in [1.165, 1.54) is 25.7 Å². The number of hydrogen-bond donors (Lipinski definition) is 2. The van der Waals surface area contributed by atoms with Gasteiger partial charge in [-0.05, 0) is 25.7 Å². The fourth-order valence-corrected chi connectivity index (χ4v) is 1.81. The van der Waals surface area contributed by atoms with Gasteiger partial charge in [0.15, 0.2) is 12.6 Å². The molecule has 17 heavy (non-hydrogen) atoms. The molecule has 3 heteroatoms. The maximum Gasteiger partial charge on any atom is 0.157 e. The van der Waals surface area contributed by atoms with Gasteiger partial charge in [0, 0.05) is 0 Å². The van der Waals surface area contributed by atoms with Crippen molar-refractivity contribution < 1.29 is 14.9 Å². The third-order valence-electron chi connectivity index (χ3n) is 2.92. The van der Waals surface area contributed by atoms with E-state index in [2.05, 4.69) is 13.8 Å². The molecule has 0 rings (SSSR count). The number of aliphatic hydroxyl groups is 2. The summed E-state index contributed by atoms with van der Waals surface area (Å²) in [6.07, 6.45) is 8.65. The molecule has 0 saturated carbocycles. The summed E-state index contributed by atoms with van der Waals surface area (Å²) in [7, 11) is 0. The first kappa shape index (κ1) is 16.9. The minimum absolute atomic E-state index is 0.631. The topological polar surface area (TPSA) is 49.7 Å². The second-order valence-electron chi connectivity index (χ2n) is 4.74. The first-order valence-corrected chi connectivity index (χ1v) is 7.22. The van der Waals surface area contributed by atoms with Crippen molar-refractivity contribution in [3.63, 3.8) is 0 Å². The van der Waals surface area contributed by atoms with Crippen LogP contribution in [0.15, 0.2) is 0 Å². The lowest BCUT2D eigenvalue weighted by atomic mass is 10.1. The van der Waals surface area contributed by atoms with Gasteiger partial charge in [-0.2, -0.15) is 0 Å². The molecule has 0 heterocycles. The van der Waals surface area contributed by atoms with Crippen molar-refractivity contribution in [2.45, 2.75) is 90.6 Å². The first-order chi connectivity index (χ1) is 8.20. The van der Waals surface area contributed by atoms with Gasteiger partial charge in [-0.15, -0.1) is 0 Å². The van der Waals surface area contributed by atoms with Crippen molar-refractivity contribution in [2.24, 2.45) is 0 Å². The molecule has 0 spiro atoms. The zero-order chi connectivity index (χ0) is 12.9. The summed E-state index contributed by atoms with van der Waals surface area (Å²) in [5.74, 6) is 0. The summed E-state index contributed by atoms with van der Waals surface area (Å²) in [6, 6.07) is 0. The van der Waals surface area contributed by atoms with Crippen LogP contribution in [0.1, 0.15) is 78.1 Å². The first-order valence-electron chi connectivity index (χ1n) is 7.22. The van der Waals surface area contributed by atoms with Crippen molar-refractivity contribution in [3.8, 4) is 0 Å². The van der Waals surface area contributed by atoms with E-state index in [1.807, 2.05) is 0 Å². The van der Waals surface area contributed by atoms with Gasteiger partial charge in [-0.3, -0.25) is 0 Å². The zero-order valence-corrected chi connectivity index (χ0v) is 11.5. The Labute approximate surface area is 106 Å². The van der Waals surface area contributed by atoms with Gasteiger partial charge in [-0.1, -0.05) is 52.4 Å². The SMILES string of the molecule is CCCCCCC(O)OC(O)CCCCCC. The highest BCUT2D eigenvalue weighted by atomic mass is 16.7. The predicted molar refractivity (Wildman–Crippen MR) is 70.6 cm³/mol. The molecule has 0 bridgehead atoms. The van der Waals surface area contributed by atoms with Gasteiger partial charge in [0.2, 0.25) is 0 Å². The van der Waals surface area contributed by atoms with Crippen molar-refractivity contribution >= 4 is 0 Å². The van der Waals surface area contributed by atoms with Gasteiger partial charge in [0.1, 0.15) is 0 Å². The Kier molecular flexibility index (Phi) is 12.3. The van der Waals surface area contributed by atoms with Crippen LogP contribution >= 0.6 is 0 Å². The van der Waals surface area contributed by atoms with Gasteiger partial charge in [-0.25, -0.2) is 0 Å². The standard InChI is InChI=1S/C14H30O3/c1-3-5-7-9-11-13(15)17-14(16)12-10-8-6-4-2/h13-16H,3-12H2,1-2H3. The van der Waals surface area contributed by atoms with Crippen LogP contribution in [-0.4, -0.2) is 22.8 Å². The van der Waals surface area contributed by atoms with Crippen LogP contribution in [0.2, 0.25) is 0 Å². The summed E-state index contributed by atoms with van der Waals surface area (Å²) in [6.45, 7) is 4.32. The van der Waals surface area contributed by atoms with Gasteiger partial charge < -0.3 is 14.9 Å². The largest absolute Gasteiger partial charge is 0.368 e. The molecule has 2 atom stereocenters. The molecular formula is C14H30O3. The summed E-state index contributed by atoms with van der Waals surface area (Å²) in [5.41, 5.74) is 0. The minimum atomic E-state index is -0.798. The molecule has 0 aromatic heterocycles. The van der Waals surface area contributed by atoms with Crippen LogP contribution in [0.4, 0.5) is 0 Å².